The summed E-state index contributed by atoms with van der Waals surface area (Å²) in [6.45, 7) is 0. The molecule has 0 aromatic carbocycles. The van der Waals surface area contributed by atoms with Crippen molar-refractivity contribution in [2.24, 2.45) is 7.05 Å². The highest BCUT2D eigenvalue weighted by Gasteiger charge is 2.18. The van der Waals surface area contributed by atoms with Gasteiger partial charge in [-0.15, -0.1) is 0 Å². The quantitative estimate of drug-likeness (QED) is 0.530. The standard InChI is InChI=1S/C18H13F2N7/c1-26-7-11(4-25-26)16-15-12(5-22-18(15)24-9-23-16)10-2-3-14-21-6-13(17(19)20)27(14)8-10/h2-9,17H,1H3,(H,22,23,24). The maximum Gasteiger partial charge on any atom is 0.280 e. The van der Waals surface area contributed by atoms with Crippen LogP contribution < -0.4 is 0 Å². The fourth-order valence-corrected chi connectivity index (χ4v) is 3.27. The van der Waals surface area contributed by atoms with Crippen LogP contribution in [0.2, 0.25) is 0 Å². The second kappa shape index (κ2) is 5.70. The molecule has 0 unspecified atom stereocenters. The monoisotopic (exact) mass is 365 g/mol. The van der Waals surface area contributed by atoms with E-state index in [1.165, 1.54) is 16.9 Å². The molecule has 0 fully saturated rings. The first-order valence-corrected chi connectivity index (χ1v) is 8.18. The zero-order valence-corrected chi connectivity index (χ0v) is 14.1. The second-order valence-electron chi connectivity index (χ2n) is 6.18. The molecule has 5 aromatic rings. The first-order valence-electron chi connectivity index (χ1n) is 8.18. The summed E-state index contributed by atoms with van der Waals surface area (Å²) in [6, 6.07) is 3.56. The number of imidazole rings is 1. The van der Waals surface area contributed by atoms with Gasteiger partial charge < -0.3 is 4.98 Å². The van der Waals surface area contributed by atoms with Crippen LogP contribution in [0, 0.1) is 0 Å². The molecule has 134 valence electrons. The molecule has 7 nitrogen and oxygen atoms in total. The Morgan fingerprint density at radius 1 is 1.04 bits per heavy atom. The highest BCUT2D eigenvalue weighted by molar-refractivity contribution is 6.02. The van der Waals surface area contributed by atoms with Gasteiger partial charge >= 0.3 is 0 Å². The number of hydrogen-bond acceptors (Lipinski definition) is 4. The van der Waals surface area contributed by atoms with Gasteiger partial charge in [0.15, 0.2) is 0 Å². The lowest BCUT2D eigenvalue weighted by molar-refractivity contribution is 0.145. The zero-order chi connectivity index (χ0) is 18.5. The molecule has 0 saturated carbocycles. The Kier molecular flexibility index (Phi) is 3.30. The maximum absolute atomic E-state index is 13.2. The van der Waals surface area contributed by atoms with Gasteiger partial charge in [-0.25, -0.2) is 23.7 Å². The smallest absolute Gasteiger partial charge is 0.280 e. The Balaban J connectivity index is 1.76. The minimum absolute atomic E-state index is 0.143. The Hall–Kier alpha value is -3.62. The molecule has 5 heterocycles. The number of halogens is 2. The Morgan fingerprint density at radius 2 is 1.93 bits per heavy atom. The van der Waals surface area contributed by atoms with Crippen LogP contribution in [0.4, 0.5) is 8.78 Å². The molecular formula is C18H13F2N7. The van der Waals surface area contributed by atoms with Crippen molar-refractivity contribution in [1.82, 2.24) is 34.1 Å². The molecule has 5 aromatic heterocycles. The number of hydrogen-bond donors (Lipinski definition) is 1. The fraction of sp³-hybridized carbons (Fsp3) is 0.111. The normalized spacial score (nSPS) is 11.9. The van der Waals surface area contributed by atoms with Crippen LogP contribution in [0.1, 0.15) is 12.1 Å². The number of aromatic nitrogens is 7. The molecule has 27 heavy (non-hydrogen) atoms. The van der Waals surface area contributed by atoms with E-state index < -0.39 is 6.43 Å². The molecule has 0 spiro atoms. The number of rotatable bonds is 3. The summed E-state index contributed by atoms with van der Waals surface area (Å²) in [4.78, 5) is 15.9. The van der Waals surface area contributed by atoms with E-state index in [0.29, 0.717) is 11.3 Å². The molecule has 0 aliphatic rings. The lowest BCUT2D eigenvalue weighted by Gasteiger charge is -2.06. The van der Waals surface area contributed by atoms with E-state index in [-0.39, 0.29) is 5.69 Å². The van der Waals surface area contributed by atoms with E-state index in [2.05, 4.69) is 25.0 Å². The van der Waals surface area contributed by atoms with Crippen molar-refractivity contribution < 1.29 is 8.78 Å². The third-order valence-electron chi connectivity index (χ3n) is 4.52. The predicted molar refractivity (Wildman–Crippen MR) is 95.2 cm³/mol. The van der Waals surface area contributed by atoms with Crippen molar-refractivity contribution in [3.63, 3.8) is 0 Å². The third kappa shape index (κ3) is 2.39. The molecule has 0 amide bonds. The predicted octanol–water partition coefficient (Wildman–Crippen LogP) is 3.61. The van der Waals surface area contributed by atoms with Gasteiger partial charge in [0, 0.05) is 42.3 Å². The van der Waals surface area contributed by atoms with Crippen LogP contribution in [0.5, 0.6) is 0 Å². The van der Waals surface area contributed by atoms with Crippen LogP contribution in [-0.2, 0) is 7.05 Å². The molecule has 0 aliphatic carbocycles. The number of pyridine rings is 1. The summed E-state index contributed by atoms with van der Waals surface area (Å²) in [5.74, 6) is 0. The van der Waals surface area contributed by atoms with Gasteiger partial charge in [-0.1, -0.05) is 0 Å². The van der Waals surface area contributed by atoms with Gasteiger partial charge in [-0.3, -0.25) is 9.08 Å². The number of aryl methyl sites for hydroxylation is 1. The molecule has 0 saturated heterocycles. The Bertz CT molecular complexity index is 1280. The number of nitrogens with one attached hydrogen (secondary N) is 1. The van der Waals surface area contributed by atoms with Gasteiger partial charge in [-0.05, 0) is 12.1 Å². The average molecular weight is 365 g/mol. The average Bonchev–Trinajstić information content (AvgIpc) is 3.38. The first kappa shape index (κ1) is 15.6. The van der Waals surface area contributed by atoms with Gasteiger partial charge in [0.25, 0.3) is 6.43 Å². The third-order valence-corrected chi connectivity index (χ3v) is 4.52. The van der Waals surface area contributed by atoms with Crippen molar-refractivity contribution in [3.05, 3.63) is 55.1 Å². The molecule has 5 rings (SSSR count). The fourth-order valence-electron chi connectivity index (χ4n) is 3.27. The van der Waals surface area contributed by atoms with Gasteiger partial charge in [0.2, 0.25) is 0 Å². The second-order valence-corrected chi connectivity index (χ2v) is 6.18. The molecule has 0 aliphatic heterocycles. The summed E-state index contributed by atoms with van der Waals surface area (Å²) in [6.07, 6.45) is 7.14. The summed E-state index contributed by atoms with van der Waals surface area (Å²) in [7, 11) is 1.83. The van der Waals surface area contributed by atoms with E-state index in [1.54, 1.807) is 29.3 Å². The number of aromatic amines is 1. The van der Waals surface area contributed by atoms with E-state index in [0.717, 1.165) is 27.8 Å². The van der Waals surface area contributed by atoms with Crippen molar-refractivity contribution in [3.8, 4) is 22.4 Å². The van der Waals surface area contributed by atoms with Crippen LogP contribution >= 0.6 is 0 Å². The summed E-state index contributed by atoms with van der Waals surface area (Å²) >= 11 is 0. The van der Waals surface area contributed by atoms with Crippen LogP contribution in [0.15, 0.2) is 49.4 Å². The SMILES string of the molecule is Cn1cc(-c2ncnc3[nH]cc(-c4ccc5ncc(C(F)F)n5c4)c23)cn1. The molecule has 0 radical (unpaired) electrons. The van der Waals surface area contributed by atoms with E-state index in [9.17, 15) is 8.78 Å². The first-order chi connectivity index (χ1) is 13.1. The van der Waals surface area contributed by atoms with Crippen LogP contribution in [0.3, 0.4) is 0 Å². The van der Waals surface area contributed by atoms with E-state index >= 15 is 0 Å². The van der Waals surface area contributed by atoms with E-state index in [1.807, 2.05) is 19.3 Å². The number of nitrogens with zero attached hydrogens (tertiary/aromatic N) is 6. The highest BCUT2D eigenvalue weighted by Crippen LogP contribution is 2.34. The van der Waals surface area contributed by atoms with Crippen molar-refractivity contribution >= 4 is 16.7 Å². The Morgan fingerprint density at radius 3 is 2.70 bits per heavy atom. The molecule has 0 atom stereocenters. The largest absolute Gasteiger partial charge is 0.345 e. The minimum Gasteiger partial charge on any atom is -0.345 e. The molecule has 1 N–H and O–H groups in total. The van der Waals surface area contributed by atoms with Crippen molar-refractivity contribution in [2.75, 3.05) is 0 Å². The van der Waals surface area contributed by atoms with Gasteiger partial charge in [0.05, 0.1) is 23.5 Å². The minimum atomic E-state index is -2.60. The number of alkyl halides is 2. The number of H-pyrrole nitrogens is 1. The van der Waals surface area contributed by atoms with Gasteiger partial charge in [-0.2, -0.15) is 5.10 Å². The Labute approximate surface area is 151 Å². The van der Waals surface area contributed by atoms with Crippen LogP contribution in [-0.4, -0.2) is 34.1 Å². The zero-order valence-electron chi connectivity index (χ0n) is 14.1. The lowest BCUT2D eigenvalue weighted by Crippen LogP contribution is -1.94. The van der Waals surface area contributed by atoms with Crippen molar-refractivity contribution in [1.29, 1.82) is 0 Å². The van der Waals surface area contributed by atoms with Crippen molar-refractivity contribution in [2.45, 2.75) is 6.43 Å². The summed E-state index contributed by atoms with van der Waals surface area (Å²) in [5.41, 5.74) is 4.15. The summed E-state index contributed by atoms with van der Waals surface area (Å²) in [5, 5.41) is 5.01. The molecular weight excluding hydrogens is 352 g/mol. The maximum atomic E-state index is 13.2. The lowest BCUT2D eigenvalue weighted by atomic mass is 10.0. The van der Waals surface area contributed by atoms with Crippen LogP contribution in [0.25, 0.3) is 39.1 Å². The summed E-state index contributed by atoms with van der Waals surface area (Å²) < 4.78 is 29.6. The molecule has 0 bridgehead atoms. The topological polar surface area (TPSA) is 76.7 Å². The number of fused-ring (bicyclic) bond motifs is 2. The highest BCUT2D eigenvalue weighted by atomic mass is 19.3. The van der Waals surface area contributed by atoms with E-state index in [4.69, 9.17) is 0 Å². The molecule has 9 heteroatoms. The van der Waals surface area contributed by atoms with Gasteiger partial charge in [0.1, 0.15) is 23.3 Å².